The molecule has 0 amide bonds. The van der Waals surface area contributed by atoms with Gasteiger partial charge in [0.25, 0.3) is 0 Å². The van der Waals surface area contributed by atoms with Crippen LogP contribution in [0.15, 0.2) is 24.3 Å². The van der Waals surface area contributed by atoms with Crippen molar-refractivity contribution in [2.24, 2.45) is 0 Å². The number of hydrogen-bond acceptors (Lipinski definition) is 5. The summed E-state index contributed by atoms with van der Waals surface area (Å²) in [5.41, 5.74) is 6.94. The van der Waals surface area contributed by atoms with E-state index < -0.39 is 5.97 Å². The zero-order valence-corrected chi connectivity index (χ0v) is 16.5. The fourth-order valence-electron chi connectivity index (χ4n) is 3.47. The van der Waals surface area contributed by atoms with Gasteiger partial charge in [-0.1, -0.05) is 31.5 Å². The number of fused-ring (bicyclic) bond motifs is 1. The highest BCUT2D eigenvalue weighted by Crippen LogP contribution is 2.34. The lowest BCUT2D eigenvalue weighted by atomic mass is 9.95. The molecule has 0 bridgehead atoms. The van der Waals surface area contributed by atoms with Gasteiger partial charge in [-0.05, 0) is 43.0 Å². The van der Waals surface area contributed by atoms with Crippen LogP contribution in [0.5, 0.6) is 0 Å². The van der Waals surface area contributed by atoms with Crippen LogP contribution >= 0.6 is 0 Å². The smallest absolute Gasteiger partial charge is 0.356 e. The maximum absolute atomic E-state index is 12.2. The van der Waals surface area contributed by atoms with E-state index in [1.165, 1.54) is 7.11 Å². The normalized spacial score (nSPS) is 11.1. The summed E-state index contributed by atoms with van der Waals surface area (Å²) in [6, 6.07) is 7.94. The molecule has 2 heterocycles. The predicted octanol–water partition coefficient (Wildman–Crippen LogP) is 3.90. The summed E-state index contributed by atoms with van der Waals surface area (Å²) < 4.78 is 12.2. The van der Waals surface area contributed by atoms with Gasteiger partial charge in [0.2, 0.25) is 0 Å². The summed E-state index contributed by atoms with van der Waals surface area (Å²) >= 11 is 0. The van der Waals surface area contributed by atoms with Gasteiger partial charge in [0, 0.05) is 12.8 Å². The van der Waals surface area contributed by atoms with E-state index in [4.69, 9.17) is 14.6 Å². The Balaban J connectivity index is 2.41. The molecule has 0 saturated heterocycles. The fraction of sp³-hybridized carbons (Fsp3) is 0.381. The third-order valence-corrected chi connectivity index (χ3v) is 4.65. The van der Waals surface area contributed by atoms with E-state index >= 15 is 0 Å². The first kappa shape index (κ1) is 19.0. The first-order valence-corrected chi connectivity index (χ1v) is 9.07. The van der Waals surface area contributed by atoms with E-state index in [1.807, 2.05) is 10.6 Å². The molecule has 0 radical (unpaired) electrons. The number of aromatic nitrogens is 3. The van der Waals surface area contributed by atoms with Crippen molar-refractivity contribution in [1.29, 1.82) is 0 Å². The second-order valence-electron chi connectivity index (χ2n) is 6.63. The predicted molar refractivity (Wildman–Crippen MR) is 104 cm³/mol. The van der Waals surface area contributed by atoms with Gasteiger partial charge in [0.1, 0.15) is 0 Å². The summed E-state index contributed by atoms with van der Waals surface area (Å²) in [4.78, 5) is 16.8. The first-order valence-electron chi connectivity index (χ1n) is 9.07. The van der Waals surface area contributed by atoms with Crippen LogP contribution in [0.4, 0.5) is 0 Å². The highest BCUT2D eigenvalue weighted by Gasteiger charge is 2.23. The number of aryl methyl sites for hydroxylation is 3. The van der Waals surface area contributed by atoms with Gasteiger partial charge in [-0.25, -0.2) is 14.3 Å². The number of methoxy groups -OCH3 is 2. The largest absolute Gasteiger partial charge is 0.464 e. The second-order valence-corrected chi connectivity index (χ2v) is 6.63. The van der Waals surface area contributed by atoms with Crippen molar-refractivity contribution < 1.29 is 14.3 Å². The second kappa shape index (κ2) is 7.88. The number of nitrogens with zero attached hydrogens (tertiary/aromatic N) is 3. The molecule has 142 valence electrons. The fourth-order valence-corrected chi connectivity index (χ4v) is 3.47. The van der Waals surface area contributed by atoms with Gasteiger partial charge in [-0.3, -0.25) is 0 Å². The van der Waals surface area contributed by atoms with Crippen molar-refractivity contribution in [1.82, 2.24) is 14.6 Å². The SMILES string of the molecule is CCCc1cc(C(=O)OC)nc2c(-c3c(C)cccc3C)c(COC)nn12. The molecule has 0 unspecified atom stereocenters. The van der Waals surface area contributed by atoms with E-state index in [0.29, 0.717) is 17.9 Å². The first-order chi connectivity index (χ1) is 13.0. The lowest BCUT2D eigenvalue weighted by molar-refractivity contribution is 0.0594. The molecule has 0 aliphatic rings. The topological polar surface area (TPSA) is 65.7 Å². The summed E-state index contributed by atoms with van der Waals surface area (Å²) in [6.07, 6.45) is 1.71. The van der Waals surface area contributed by atoms with E-state index in [-0.39, 0.29) is 0 Å². The Kier molecular flexibility index (Phi) is 5.56. The van der Waals surface area contributed by atoms with Gasteiger partial charge in [0.05, 0.1) is 25.0 Å². The molecule has 1 aromatic carbocycles. The van der Waals surface area contributed by atoms with Crippen molar-refractivity contribution in [2.75, 3.05) is 14.2 Å². The molecule has 3 rings (SSSR count). The van der Waals surface area contributed by atoms with E-state index in [2.05, 4.69) is 37.9 Å². The van der Waals surface area contributed by atoms with Crippen molar-refractivity contribution in [3.63, 3.8) is 0 Å². The Hall–Kier alpha value is -2.73. The molecule has 0 saturated carbocycles. The van der Waals surface area contributed by atoms with Crippen LogP contribution in [0.25, 0.3) is 16.8 Å². The maximum atomic E-state index is 12.2. The average Bonchev–Trinajstić information content (AvgIpc) is 3.00. The molecule has 6 nitrogen and oxygen atoms in total. The quantitative estimate of drug-likeness (QED) is 0.618. The minimum atomic E-state index is -0.447. The number of benzene rings is 1. The van der Waals surface area contributed by atoms with Gasteiger partial charge >= 0.3 is 5.97 Å². The molecule has 3 aromatic rings. The van der Waals surface area contributed by atoms with Gasteiger partial charge in [-0.15, -0.1) is 0 Å². The average molecular weight is 367 g/mol. The summed E-state index contributed by atoms with van der Waals surface area (Å²) in [5.74, 6) is -0.447. The van der Waals surface area contributed by atoms with E-state index in [9.17, 15) is 4.79 Å². The Bertz CT molecular complexity index is 972. The molecular weight excluding hydrogens is 342 g/mol. The van der Waals surface area contributed by atoms with E-state index in [1.54, 1.807) is 13.2 Å². The van der Waals surface area contributed by atoms with Crippen LogP contribution in [-0.4, -0.2) is 34.8 Å². The van der Waals surface area contributed by atoms with Crippen LogP contribution in [0.2, 0.25) is 0 Å². The molecule has 2 aromatic heterocycles. The number of hydrogen-bond donors (Lipinski definition) is 0. The number of carbonyl (C=O) groups excluding carboxylic acids is 1. The van der Waals surface area contributed by atoms with Crippen molar-refractivity contribution in [3.8, 4) is 11.1 Å². The molecule has 0 aliphatic carbocycles. The Labute approximate surface area is 159 Å². The minimum absolute atomic E-state index is 0.296. The summed E-state index contributed by atoms with van der Waals surface area (Å²) in [7, 11) is 3.02. The number of ether oxygens (including phenoxy) is 2. The van der Waals surface area contributed by atoms with Crippen LogP contribution in [0, 0.1) is 13.8 Å². The van der Waals surface area contributed by atoms with Crippen molar-refractivity contribution in [2.45, 2.75) is 40.2 Å². The monoisotopic (exact) mass is 367 g/mol. The molecule has 0 aliphatic heterocycles. The molecule has 0 atom stereocenters. The summed E-state index contributed by atoms with van der Waals surface area (Å²) in [5, 5.41) is 4.78. The molecular formula is C21H25N3O3. The zero-order chi connectivity index (χ0) is 19.6. The van der Waals surface area contributed by atoms with Gasteiger partial charge in [0.15, 0.2) is 11.3 Å². The highest BCUT2D eigenvalue weighted by atomic mass is 16.5. The standard InChI is InChI=1S/C21H25N3O3/c1-6-8-15-11-16(21(25)27-5)22-20-19(17(12-26-4)23-24(15)20)18-13(2)9-7-10-14(18)3/h7,9-11H,6,8,12H2,1-5H3. The maximum Gasteiger partial charge on any atom is 0.356 e. The van der Waals surface area contributed by atoms with Crippen LogP contribution < -0.4 is 0 Å². The lowest BCUT2D eigenvalue weighted by Crippen LogP contribution is -2.10. The number of carbonyl (C=O) groups is 1. The minimum Gasteiger partial charge on any atom is -0.464 e. The highest BCUT2D eigenvalue weighted by molar-refractivity contribution is 5.90. The van der Waals surface area contributed by atoms with Gasteiger partial charge in [-0.2, -0.15) is 5.10 Å². The number of esters is 1. The number of rotatable bonds is 6. The summed E-state index contributed by atoms with van der Waals surface area (Å²) in [6.45, 7) is 6.60. The van der Waals surface area contributed by atoms with Crippen LogP contribution in [-0.2, 0) is 22.5 Å². The molecule has 0 fully saturated rings. The Morgan fingerprint density at radius 2 is 1.85 bits per heavy atom. The van der Waals surface area contributed by atoms with Crippen molar-refractivity contribution >= 4 is 11.6 Å². The lowest BCUT2D eigenvalue weighted by Gasteiger charge is -2.11. The molecule has 6 heteroatoms. The Morgan fingerprint density at radius 1 is 1.15 bits per heavy atom. The van der Waals surface area contributed by atoms with Crippen LogP contribution in [0.1, 0.15) is 46.3 Å². The zero-order valence-electron chi connectivity index (χ0n) is 16.5. The van der Waals surface area contributed by atoms with E-state index in [0.717, 1.165) is 46.5 Å². The third kappa shape index (κ3) is 3.45. The van der Waals surface area contributed by atoms with Crippen LogP contribution in [0.3, 0.4) is 0 Å². The van der Waals surface area contributed by atoms with Crippen molar-refractivity contribution in [3.05, 3.63) is 52.5 Å². The van der Waals surface area contributed by atoms with Gasteiger partial charge < -0.3 is 9.47 Å². The Morgan fingerprint density at radius 3 is 2.44 bits per heavy atom. The third-order valence-electron chi connectivity index (χ3n) is 4.65. The molecule has 27 heavy (non-hydrogen) atoms. The molecule has 0 spiro atoms. The molecule has 0 N–H and O–H groups in total.